The van der Waals surface area contributed by atoms with Gasteiger partial charge in [0.2, 0.25) is 0 Å². The number of nitrogens with two attached hydrogens (primary N) is 1. The number of hydrogen-bond acceptors (Lipinski definition) is 4. The van der Waals surface area contributed by atoms with Crippen molar-refractivity contribution in [1.82, 2.24) is 0 Å². The molecular formula is C13H15NO3. The van der Waals surface area contributed by atoms with Crippen LogP contribution in [0.25, 0.3) is 0 Å². The monoisotopic (exact) mass is 233 g/mol. The molecule has 1 saturated heterocycles. The molecule has 0 aliphatic carbocycles. The van der Waals surface area contributed by atoms with Crippen molar-refractivity contribution in [3.63, 3.8) is 0 Å². The lowest BCUT2D eigenvalue weighted by atomic mass is 9.80. The van der Waals surface area contributed by atoms with Crippen LogP contribution in [-0.2, 0) is 14.3 Å². The molecule has 1 fully saturated rings. The fraction of sp³-hybridized carbons (Fsp3) is 0.462. The second-order valence-electron chi connectivity index (χ2n) is 4.46. The van der Waals surface area contributed by atoms with Crippen molar-refractivity contribution < 1.29 is 14.3 Å². The highest BCUT2D eigenvalue weighted by Gasteiger charge is 2.54. The summed E-state index contributed by atoms with van der Waals surface area (Å²) in [6, 6.07) is 7.64. The molecule has 2 N–H and O–H groups in total. The molecule has 0 amide bonds. The van der Waals surface area contributed by atoms with Crippen LogP contribution in [-0.4, -0.2) is 18.6 Å². The molecule has 4 atom stereocenters. The fourth-order valence-electron chi connectivity index (χ4n) is 2.82. The molecule has 17 heavy (non-hydrogen) atoms. The molecular weight excluding hydrogens is 218 g/mol. The van der Waals surface area contributed by atoms with Crippen LogP contribution in [0.15, 0.2) is 24.3 Å². The lowest BCUT2D eigenvalue weighted by Crippen LogP contribution is -2.40. The van der Waals surface area contributed by atoms with Crippen molar-refractivity contribution in [2.45, 2.75) is 25.2 Å². The average molecular weight is 233 g/mol. The van der Waals surface area contributed by atoms with E-state index in [4.69, 9.17) is 15.2 Å². The Balaban J connectivity index is 1.95. The molecule has 0 spiro atoms. The highest BCUT2D eigenvalue weighted by molar-refractivity contribution is 5.76. The van der Waals surface area contributed by atoms with Gasteiger partial charge >= 0.3 is 5.97 Å². The van der Waals surface area contributed by atoms with Gasteiger partial charge in [-0.2, -0.15) is 0 Å². The number of carbonyl (C=O) groups excluding carboxylic acids is 1. The molecule has 3 rings (SSSR count). The van der Waals surface area contributed by atoms with E-state index in [0.717, 1.165) is 11.1 Å². The Labute approximate surface area is 99.7 Å². The summed E-state index contributed by atoms with van der Waals surface area (Å²) in [4.78, 5) is 11.9. The number of ether oxygens (including phenoxy) is 2. The van der Waals surface area contributed by atoms with Crippen molar-refractivity contribution in [2.75, 3.05) is 6.61 Å². The lowest BCUT2D eigenvalue weighted by Gasteiger charge is -2.24. The minimum Gasteiger partial charge on any atom is -0.466 e. The van der Waals surface area contributed by atoms with E-state index in [0.29, 0.717) is 6.61 Å². The third-order valence-electron chi connectivity index (χ3n) is 3.55. The van der Waals surface area contributed by atoms with Gasteiger partial charge in [-0.3, -0.25) is 4.79 Å². The van der Waals surface area contributed by atoms with Crippen LogP contribution < -0.4 is 5.73 Å². The molecule has 2 bridgehead atoms. The predicted octanol–water partition coefficient (Wildman–Crippen LogP) is 1.32. The Morgan fingerprint density at radius 3 is 2.65 bits per heavy atom. The first-order valence-corrected chi connectivity index (χ1v) is 5.90. The lowest BCUT2D eigenvalue weighted by molar-refractivity contribution is -0.150. The Kier molecular flexibility index (Phi) is 2.42. The van der Waals surface area contributed by atoms with E-state index in [1.54, 1.807) is 6.92 Å². The van der Waals surface area contributed by atoms with E-state index in [9.17, 15) is 4.79 Å². The van der Waals surface area contributed by atoms with Crippen molar-refractivity contribution in [1.29, 1.82) is 0 Å². The maximum absolute atomic E-state index is 11.9. The third kappa shape index (κ3) is 1.41. The number of hydrogen-bond donors (Lipinski definition) is 1. The summed E-state index contributed by atoms with van der Waals surface area (Å²) in [5.41, 5.74) is 8.28. The zero-order valence-electron chi connectivity index (χ0n) is 9.63. The molecule has 2 aliphatic rings. The van der Waals surface area contributed by atoms with E-state index < -0.39 is 0 Å². The maximum atomic E-state index is 11.9. The second-order valence-corrected chi connectivity index (χ2v) is 4.46. The maximum Gasteiger partial charge on any atom is 0.313 e. The second kappa shape index (κ2) is 3.82. The molecule has 90 valence electrons. The Bertz CT molecular complexity index is 460. The predicted molar refractivity (Wildman–Crippen MR) is 61.1 cm³/mol. The molecule has 0 aromatic heterocycles. The van der Waals surface area contributed by atoms with Gasteiger partial charge in [0.05, 0.1) is 24.9 Å². The number of fused-ring (bicyclic) bond motifs is 5. The van der Waals surface area contributed by atoms with Crippen molar-refractivity contribution in [3.05, 3.63) is 35.4 Å². The minimum absolute atomic E-state index is 0.161. The van der Waals surface area contributed by atoms with Gasteiger partial charge in [-0.25, -0.2) is 0 Å². The summed E-state index contributed by atoms with van der Waals surface area (Å²) in [6.07, 6.45) is -0.393. The number of rotatable bonds is 2. The molecule has 0 radical (unpaired) electrons. The summed E-state index contributed by atoms with van der Waals surface area (Å²) < 4.78 is 10.9. The first kappa shape index (κ1) is 10.7. The summed E-state index contributed by atoms with van der Waals surface area (Å²) in [5.74, 6) is -0.614. The molecule has 4 nitrogen and oxygen atoms in total. The molecule has 0 saturated carbocycles. The molecule has 1 aromatic rings. The van der Waals surface area contributed by atoms with Crippen LogP contribution in [0.3, 0.4) is 0 Å². The van der Waals surface area contributed by atoms with Gasteiger partial charge in [-0.05, 0) is 18.1 Å². The van der Waals surface area contributed by atoms with Crippen LogP contribution in [0.2, 0.25) is 0 Å². The van der Waals surface area contributed by atoms with Crippen LogP contribution in [0, 0.1) is 5.92 Å². The van der Waals surface area contributed by atoms with E-state index >= 15 is 0 Å². The van der Waals surface area contributed by atoms with Crippen molar-refractivity contribution in [3.8, 4) is 0 Å². The topological polar surface area (TPSA) is 61.5 Å². The van der Waals surface area contributed by atoms with Gasteiger partial charge in [0.1, 0.15) is 5.92 Å². The van der Waals surface area contributed by atoms with Gasteiger partial charge in [0, 0.05) is 0 Å². The molecule has 2 heterocycles. The Morgan fingerprint density at radius 1 is 1.35 bits per heavy atom. The largest absolute Gasteiger partial charge is 0.466 e. The van der Waals surface area contributed by atoms with Gasteiger partial charge < -0.3 is 15.2 Å². The van der Waals surface area contributed by atoms with E-state index in [1.807, 2.05) is 24.3 Å². The standard InChI is InChI=1S/C13H15NO3/c1-2-16-13(15)9-10(14)12-8-6-4-3-5-7(8)11(9)17-12/h3-6,9-12H,2,14H2,1H3/t9-,10-,11+,12-/m0/s1. The van der Waals surface area contributed by atoms with Gasteiger partial charge in [0.25, 0.3) is 0 Å². The average Bonchev–Trinajstić information content (AvgIpc) is 2.85. The van der Waals surface area contributed by atoms with Crippen LogP contribution >= 0.6 is 0 Å². The number of carbonyl (C=O) groups is 1. The van der Waals surface area contributed by atoms with Gasteiger partial charge in [-0.15, -0.1) is 0 Å². The molecule has 0 unspecified atom stereocenters. The Morgan fingerprint density at radius 2 is 2.00 bits per heavy atom. The summed E-state index contributed by atoms with van der Waals surface area (Å²) >= 11 is 0. The first-order valence-electron chi connectivity index (χ1n) is 5.90. The third-order valence-corrected chi connectivity index (χ3v) is 3.55. The van der Waals surface area contributed by atoms with Crippen LogP contribution in [0.5, 0.6) is 0 Å². The van der Waals surface area contributed by atoms with Crippen molar-refractivity contribution in [2.24, 2.45) is 11.7 Å². The summed E-state index contributed by atoms with van der Waals surface area (Å²) in [7, 11) is 0. The van der Waals surface area contributed by atoms with Crippen LogP contribution in [0.4, 0.5) is 0 Å². The smallest absolute Gasteiger partial charge is 0.313 e. The molecule has 2 aliphatic heterocycles. The number of esters is 1. The number of benzene rings is 1. The first-order chi connectivity index (χ1) is 8.24. The SMILES string of the molecule is CCOC(=O)[C@H]1[C@H](N)[C@H]2O[C@@H]1c1ccccc12. The molecule has 4 heteroatoms. The summed E-state index contributed by atoms with van der Waals surface area (Å²) in [5, 5.41) is 0. The highest BCUT2D eigenvalue weighted by Crippen LogP contribution is 2.53. The molecule has 1 aromatic carbocycles. The van der Waals surface area contributed by atoms with Gasteiger partial charge in [0.15, 0.2) is 0 Å². The van der Waals surface area contributed by atoms with Gasteiger partial charge in [-0.1, -0.05) is 24.3 Å². The summed E-state index contributed by atoms with van der Waals surface area (Å²) in [6.45, 7) is 2.17. The van der Waals surface area contributed by atoms with Crippen molar-refractivity contribution >= 4 is 5.97 Å². The highest BCUT2D eigenvalue weighted by atomic mass is 16.5. The normalized spacial score (nSPS) is 33.5. The van der Waals surface area contributed by atoms with E-state index in [-0.39, 0.29) is 30.1 Å². The quantitative estimate of drug-likeness (QED) is 0.782. The zero-order valence-corrected chi connectivity index (χ0v) is 9.63. The van der Waals surface area contributed by atoms with E-state index in [2.05, 4.69) is 0 Å². The fourth-order valence-corrected chi connectivity index (χ4v) is 2.82. The van der Waals surface area contributed by atoms with Crippen LogP contribution in [0.1, 0.15) is 30.3 Å². The Hall–Kier alpha value is -1.39. The zero-order chi connectivity index (χ0) is 12.0. The van der Waals surface area contributed by atoms with E-state index in [1.165, 1.54) is 0 Å². The minimum atomic E-state index is -0.366.